The van der Waals surface area contributed by atoms with E-state index in [0.717, 1.165) is 5.82 Å². The SMILES string of the molecule is CNc1nccc(NCCC(C)O)n1. The molecular formula is C9H16N4O. The monoisotopic (exact) mass is 196 g/mol. The molecule has 0 fully saturated rings. The summed E-state index contributed by atoms with van der Waals surface area (Å²) >= 11 is 0. The van der Waals surface area contributed by atoms with E-state index in [2.05, 4.69) is 20.6 Å². The van der Waals surface area contributed by atoms with Gasteiger partial charge in [0.1, 0.15) is 5.82 Å². The second-order valence-electron chi connectivity index (χ2n) is 3.08. The number of anilines is 2. The quantitative estimate of drug-likeness (QED) is 0.646. The third kappa shape index (κ3) is 3.57. The highest BCUT2D eigenvalue weighted by atomic mass is 16.3. The summed E-state index contributed by atoms with van der Waals surface area (Å²) in [4.78, 5) is 8.16. The van der Waals surface area contributed by atoms with Gasteiger partial charge < -0.3 is 15.7 Å². The van der Waals surface area contributed by atoms with Crippen molar-refractivity contribution in [3.63, 3.8) is 0 Å². The lowest BCUT2D eigenvalue weighted by Crippen LogP contribution is -2.11. The number of hydrogen-bond acceptors (Lipinski definition) is 5. The van der Waals surface area contributed by atoms with E-state index in [1.54, 1.807) is 26.2 Å². The zero-order valence-electron chi connectivity index (χ0n) is 8.49. The van der Waals surface area contributed by atoms with Crippen LogP contribution in [0, 0.1) is 0 Å². The highest BCUT2D eigenvalue weighted by Gasteiger charge is 1.98. The minimum Gasteiger partial charge on any atom is -0.393 e. The molecule has 0 aliphatic carbocycles. The Bertz CT molecular complexity index is 277. The Kier molecular flexibility index (Phi) is 4.12. The van der Waals surface area contributed by atoms with Crippen molar-refractivity contribution in [2.24, 2.45) is 0 Å². The molecule has 0 spiro atoms. The topological polar surface area (TPSA) is 70.1 Å². The van der Waals surface area contributed by atoms with Crippen molar-refractivity contribution in [1.29, 1.82) is 0 Å². The maximum absolute atomic E-state index is 9.05. The fourth-order valence-electron chi connectivity index (χ4n) is 0.987. The van der Waals surface area contributed by atoms with E-state index >= 15 is 0 Å². The van der Waals surface area contributed by atoms with Crippen LogP contribution in [0.25, 0.3) is 0 Å². The maximum atomic E-state index is 9.05. The highest BCUT2D eigenvalue weighted by Crippen LogP contribution is 2.04. The largest absolute Gasteiger partial charge is 0.393 e. The zero-order valence-corrected chi connectivity index (χ0v) is 8.49. The van der Waals surface area contributed by atoms with Gasteiger partial charge in [0.15, 0.2) is 0 Å². The fourth-order valence-corrected chi connectivity index (χ4v) is 0.987. The molecule has 3 N–H and O–H groups in total. The number of aromatic nitrogens is 2. The van der Waals surface area contributed by atoms with E-state index in [-0.39, 0.29) is 6.10 Å². The van der Waals surface area contributed by atoms with Gasteiger partial charge in [0, 0.05) is 19.8 Å². The summed E-state index contributed by atoms with van der Waals surface area (Å²) in [6, 6.07) is 1.79. The molecule has 5 nitrogen and oxygen atoms in total. The lowest BCUT2D eigenvalue weighted by atomic mass is 10.3. The van der Waals surface area contributed by atoms with Crippen LogP contribution in [0.1, 0.15) is 13.3 Å². The molecule has 1 aromatic rings. The molecule has 78 valence electrons. The minimum absolute atomic E-state index is 0.284. The number of aliphatic hydroxyl groups is 1. The Labute approximate surface area is 83.6 Å². The van der Waals surface area contributed by atoms with Gasteiger partial charge in [-0.2, -0.15) is 4.98 Å². The number of nitrogens with one attached hydrogen (secondary N) is 2. The summed E-state index contributed by atoms with van der Waals surface area (Å²) < 4.78 is 0. The third-order valence-corrected chi connectivity index (χ3v) is 1.75. The van der Waals surface area contributed by atoms with Gasteiger partial charge in [-0.25, -0.2) is 4.98 Å². The van der Waals surface area contributed by atoms with Crippen LogP contribution in [0.4, 0.5) is 11.8 Å². The highest BCUT2D eigenvalue weighted by molar-refractivity contribution is 5.38. The Morgan fingerprint density at radius 2 is 2.36 bits per heavy atom. The Morgan fingerprint density at radius 3 is 3.00 bits per heavy atom. The van der Waals surface area contributed by atoms with Gasteiger partial charge in [0.2, 0.25) is 5.95 Å². The fraction of sp³-hybridized carbons (Fsp3) is 0.556. The van der Waals surface area contributed by atoms with Gasteiger partial charge in [0.05, 0.1) is 6.10 Å². The van der Waals surface area contributed by atoms with E-state index < -0.39 is 0 Å². The van der Waals surface area contributed by atoms with Gasteiger partial charge >= 0.3 is 0 Å². The van der Waals surface area contributed by atoms with Crippen molar-refractivity contribution >= 4 is 11.8 Å². The van der Waals surface area contributed by atoms with Crippen LogP contribution < -0.4 is 10.6 Å². The predicted molar refractivity (Wildman–Crippen MR) is 56.4 cm³/mol. The summed E-state index contributed by atoms with van der Waals surface area (Å²) in [5, 5.41) is 15.0. The number of rotatable bonds is 5. The Hall–Kier alpha value is -1.36. The Balaban J connectivity index is 2.42. The molecule has 0 saturated heterocycles. The van der Waals surface area contributed by atoms with Crippen LogP contribution in [0.5, 0.6) is 0 Å². The molecule has 0 amide bonds. The standard InChI is InChI=1S/C9H16N4O/c1-7(14)3-5-11-8-4-6-12-9(10-2)13-8/h4,6-7,14H,3,5H2,1-2H3,(H2,10,11,12,13). The third-order valence-electron chi connectivity index (χ3n) is 1.75. The molecule has 1 unspecified atom stereocenters. The molecular weight excluding hydrogens is 180 g/mol. The van der Waals surface area contributed by atoms with Crippen molar-refractivity contribution in [3.8, 4) is 0 Å². The molecule has 14 heavy (non-hydrogen) atoms. The number of nitrogens with zero attached hydrogens (tertiary/aromatic N) is 2. The van der Waals surface area contributed by atoms with Gasteiger partial charge in [0.25, 0.3) is 0 Å². The summed E-state index contributed by atoms with van der Waals surface area (Å²) in [6.45, 7) is 2.47. The molecule has 1 rings (SSSR count). The summed E-state index contributed by atoms with van der Waals surface area (Å²) in [7, 11) is 1.77. The van der Waals surface area contributed by atoms with Gasteiger partial charge in [-0.1, -0.05) is 0 Å². The lowest BCUT2D eigenvalue weighted by molar-refractivity contribution is 0.188. The molecule has 1 heterocycles. The van der Waals surface area contributed by atoms with Gasteiger partial charge in [-0.3, -0.25) is 0 Å². The summed E-state index contributed by atoms with van der Waals surface area (Å²) in [5.41, 5.74) is 0. The van der Waals surface area contributed by atoms with Crippen LogP contribution in [-0.4, -0.2) is 34.8 Å². The first kappa shape index (κ1) is 10.7. The first-order valence-corrected chi connectivity index (χ1v) is 4.65. The van der Waals surface area contributed by atoms with Crippen molar-refractivity contribution in [2.45, 2.75) is 19.4 Å². The summed E-state index contributed by atoms with van der Waals surface area (Å²) in [6.07, 6.45) is 2.11. The molecule has 5 heteroatoms. The van der Waals surface area contributed by atoms with Crippen molar-refractivity contribution in [3.05, 3.63) is 12.3 Å². The number of aliphatic hydroxyl groups excluding tert-OH is 1. The zero-order chi connectivity index (χ0) is 10.4. The van der Waals surface area contributed by atoms with E-state index in [0.29, 0.717) is 18.9 Å². The molecule has 1 aromatic heterocycles. The first-order chi connectivity index (χ1) is 6.72. The minimum atomic E-state index is -0.284. The second-order valence-corrected chi connectivity index (χ2v) is 3.08. The van der Waals surface area contributed by atoms with Crippen molar-refractivity contribution < 1.29 is 5.11 Å². The van der Waals surface area contributed by atoms with Crippen molar-refractivity contribution in [2.75, 3.05) is 24.2 Å². The average molecular weight is 196 g/mol. The van der Waals surface area contributed by atoms with E-state index in [9.17, 15) is 0 Å². The number of hydrogen-bond donors (Lipinski definition) is 3. The lowest BCUT2D eigenvalue weighted by Gasteiger charge is -2.07. The van der Waals surface area contributed by atoms with Gasteiger partial charge in [-0.15, -0.1) is 0 Å². The van der Waals surface area contributed by atoms with Crippen molar-refractivity contribution in [1.82, 2.24) is 9.97 Å². The molecule has 0 aliphatic heterocycles. The van der Waals surface area contributed by atoms with Crippen LogP contribution in [-0.2, 0) is 0 Å². The van der Waals surface area contributed by atoms with E-state index in [1.165, 1.54) is 0 Å². The summed E-state index contributed by atoms with van der Waals surface area (Å²) in [5.74, 6) is 1.36. The molecule has 0 saturated carbocycles. The Morgan fingerprint density at radius 1 is 1.57 bits per heavy atom. The van der Waals surface area contributed by atoms with Gasteiger partial charge in [-0.05, 0) is 19.4 Å². The van der Waals surface area contributed by atoms with E-state index in [1.807, 2.05) is 0 Å². The van der Waals surface area contributed by atoms with Crippen LogP contribution >= 0.6 is 0 Å². The molecule has 0 aliphatic rings. The van der Waals surface area contributed by atoms with E-state index in [4.69, 9.17) is 5.11 Å². The second kappa shape index (κ2) is 5.39. The molecule has 0 radical (unpaired) electrons. The first-order valence-electron chi connectivity index (χ1n) is 4.65. The van der Waals surface area contributed by atoms with Crippen LogP contribution in [0.15, 0.2) is 12.3 Å². The average Bonchev–Trinajstić information content (AvgIpc) is 2.18. The molecule has 0 bridgehead atoms. The molecule has 1 atom stereocenters. The normalized spacial score (nSPS) is 12.2. The van der Waals surface area contributed by atoms with Crippen LogP contribution in [0.2, 0.25) is 0 Å². The van der Waals surface area contributed by atoms with Crippen LogP contribution in [0.3, 0.4) is 0 Å². The predicted octanol–water partition coefficient (Wildman–Crippen LogP) is 0.701. The smallest absolute Gasteiger partial charge is 0.224 e. The maximum Gasteiger partial charge on any atom is 0.224 e. The molecule has 0 aromatic carbocycles.